The number of likely N-dealkylation sites (tertiary alicyclic amines) is 1. The van der Waals surface area contributed by atoms with Crippen molar-refractivity contribution < 1.29 is 23.8 Å². The van der Waals surface area contributed by atoms with E-state index >= 15 is 4.39 Å². The van der Waals surface area contributed by atoms with E-state index in [1.54, 1.807) is 42.5 Å². The lowest BCUT2D eigenvalue weighted by atomic mass is 10.0. The summed E-state index contributed by atoms with van der Waals surface area (Å²) < 4.78 is 27.0. The molecule has 0 saturated carbocycles. The first kappa shape index (κ1) is 30.1. The van der Waals surface area contributed by atoms with Gasteiger partial charge in [0.15, 0.2) is 0 Å². The van der Waals surface area contributed by atoms with Gasteiger partial charge in [0, 0.05) is 62.0 Å². The van der Waals surface area contributed by atoms with Gasteiger partial charge in [0.05, 0.1) is 29.6 Å². The van der Waals surface area contributed by atoms with Crippen molar-refractivity contribution in [1.82, 2.24) is 19.9 Å². The van der Waals surface area contributed by atoms with Crippen molar-refractivity contribution in [2.75, 3.05) is 48.8 Å². The molecule has 11 nitrogen and oxygen atoms in total. The summed E-state index contributed by atoms with van der Waals surface area (Å²) in [5.74, 6) is 2.02. The van der Waals surface area contributed by atoms with E-state index < -0.39 is 11.4 Å². The monoisotopic (exact) mass is 613 g/mol. The maximum absolute atomic E-state index is 15.4. The molecule has 2 aliphatic rings. The number of carbonyl (C=O) groups is 1. The lowest BCUT2D eigenvalue weighted by molar-refractivity contribution is -0.126. The van der Waals surface area contributed by atoms with Crippen LogP contribution in [0.25, 0.3) is 10.9 Å². The van der Waals surface area contributed by atoms with Crippen LogP contribution in [0.3, 0.4) is 0 Å². The number of hydrogen-bond donors (Lipinski definition) is 3. The van der Waals surface area contributed by atoms with Crippen LogP contribution in [0.1, 0.15) is 26.2 Å². The molecule has 1 atom stereocenters. The minimum Gasteiger partial charge on any atom is -0.495 e. The standard InChI is InChI=1S/C33H36FN7O4/c1-4-31(42)40-12-8-21(9-13-40)38-28-17-24-27(18-29(28)44-3)36-20-37-32(24)39-26-6-5-22(15-25(26)34)45-23-7-11-35-30(16-23)41-14-10-33(2,43)19-41/h4-7,11,15-18,20-21,38,43H,1,8-10,12-14,19H2,2-3H3,(H,36,37,39). The SMILES string of the molecule is C=CC(=O)N1CCC(Nc2cc3c(Nc4ccc(Oc5ccnc(N6CCC(C)(O)C6)c5)cc4F)ncnc3cc2OC)CC1. The van der Waals surface area contributed by atoms with Gasteiger partial charge in [0.1, 0.15) is 41.0 Å². The van der Waals surface area contributed by atoms with E-state index in [2.05, 4.69) is 32.2 Å². The number of amides is 1. The summed E-state index contributed by atoms with van der Waals surface area (Å²) in [4.78, 5) is 29.0. The molecule has 0 bridgehead atoms. The molecule has 0 radical (unpaired) electrons. The molecule has 3 N–H and O–H groups in total. The van der Waals surface area contributed by atoms with E-state index in [4.69, 9.17) is 9.47 Å². The first-order chi connectivity index (χ1) is 21.7. The fourth-order valence-corrected chi connectivity index (χ4v) is 5.76. The van der Waals surface area contributed by atoms with Crippen LogP contribution >= 0.6 is 0 Å². The summed E-state index contributed by atoms with van der Waals surface area (Å²) in [6, 6.07) is 11.9. The zero-order valence-corrected chi connectivity index (χ0v) is 25.3. The zero-order chi connectivity index (χ0) is 31.6. The van der Waals surface area contributed by atoms with Gasteiger partial charge in [-0.2, -0.15) is 0 Å². The molecule has 2 aromatic heterocycles. The van der Waals surface area contributed by atoms with Crippen LogP contribution < -0.4 is 25.0 Å². The normalized spacial score (nSPS) is 18.6. The Hall–Kier alpha value is -4.97. The molecule has 12 heteroatoms. The van der Waals surface area contributed by atoms with E-state index in [1.807, 2.05) is 24.0 Å². The summed E-state index contributed by atoms with van der Waals surface area (Å²) in [5.41, 5.74) is 0.862. The summed E-state index contributed by atoms with van der Waals surface area (Å²) in [6.45, 7) is 7.84. The van der Waals surface area contributed by atoms with Crippen LogP contribution in [0.2, 0.25) is 0 Å². The Balaban J connectivity index is 1.18. The third kappa shape index (κ3) is 6.75. The average molecular weight is 614 g/mol. The first-order valence-electron chi connectivity index (χ1n) is 14.9. The van der Waals surface area contributed by atoms with Crippen molar-refractivity contribution in [2.45, 2.75) is 37.8 Å². The highest BCUT2D eigenvalue weighted by molar-refractivity contribution is 5.95. The second-order valence-corrected chi connectivity index (χ2v) is 11.6. The number of piperidine rings is 1. The number of anilines is 4. The van der Waals surface area contributed by atoms with E-state index in [1.165, 1.54) is 18.5 Å². The molecule has 2 fully saturated rings. The van der Waals surface area contributed by atoms with Crippen molar-refractivity contribution in [3.8, 4) is 17.2 Å². The highest BCUT2D eigenvalue weighted by Gasteiger charge is 2.32. The minimum absolute atomic E-state index is 0.0588. The van der Waals surface area contributed by atoms with Crippen LogP contribution in [0, 0.1) is 5.82 Å². The number of hydrogen-bond acceptors (Lipinski definition) is 10. The smallest absolute Gasteiger partial charge is 0.245 e. The number of ether oxygens (including phenoxy) is 2. The molecule has 4 aromatic rings. The number of aromatic nitrogens is 3. The van der Waals surface area contributed by atoms with E-state index in [0.29, 0.717) is 72.4 Å². The molecule has 4 heterocycles. The second-order valence-electron chi connectivity index (χ2n) is 11.6. The summed E-state index contributed by atoms with van der Waals surface area (Å²) >= 11 is 0. The maximum Gasteiger partial charge on any atom is 0.245 e. The van der Waals surface area contributed by atoms with E-state index in [9.17, 15) is 9.90 Å². The van der Waals surface area contributed by atoms with Crippen molar-refractivity contribution in [3.63, 3.8) is 0 Å². The van der Waals surface area contributed by atoms with E-state index in [0.717, 1.165) is 18.5 Å². The Labute approximate surface area is 260 Å². The largest absolute Gasteiger partial charge is 0.495 e. The van der Waals surface area contributed by atoms with Crippen molar-refractivity contribution in [3.05, 3.63) is 73.5 Å². The van der Waals surface area contributed by atoms with E-state index in [-0.39, 0.29) is 17.6 Å². The van der Waals surface area contributed by atoms with Crippen molar-refractivity contribution in [2.24, 2.45) is 0 Å². The highest BCUT2D eigenvalue weighted by Crippen LogP contribution is 2.36. The van der Waals surface area contributed by atoms with Crippen molar-refractivity contribution >= 4 is 39.8 Å². The Morgan fingerprint density at radius 3 is 2.60 bits per heavy atom. The van der Waals surface area contributed by atoms with Crippen LogP contribution in [0.4, 0.5) is 27.4 Å². The van der Waals surface area contributed by atoms with Gasteiger partial charge in [-0.15, -0.1) is 0 Å². The molecule has 45 heavy (non-hydrogen) atoms. The van der Waals surface area contributed by atoms with Gasteiger partial charge < -0.3 is 35.0 Å². The summed E-state index contributed by atoms with van der Waals surface area (Å²) in [7, 11) is 1.60. The zero-order valence-electron chi connectivity index (χ0n) is 25.3. The predicted octanol–water partition coefficient (Wildman–Crippen LogP) is 5.26. The number of pyridine rings is 1. The number of halogens is 1. The van der Waals surface area contributed by atoms with Gasteiger partial charge in [-0.05, 0) is 56.5 Å². The Bertz CT molecular complexity index is 1730. The van der Waals surface area contributed by atoms with Gasteiger partial charge in [-0.1, -0.05) is 6.58 Å². The fourth-order valence-electron chi connectivity index (χ4n) is 5.76. The number of β-amino-alcohol motifs (C(OH)–C–C–N with tert-alkyl or cyclic N) is 1. The van der Waals surface area contributed by atoms with Crippen molar-refractivity contribution in [1.29, 1.82) is 0 Å². The lowest BCUT2D eigenvalue weighted by Crippen LogP contribution is -2.41. The minimum atomic E-state index is -0.754. The Morgan fingerprint density at radius 1 is 1.09 bits per heavy atom. The number of fused-ring (bicyclic) bond motifs is 1. The molecule has 1 amide bonds. The highest BCUT2D eigenvalue weighted by atomic mass is 19.1. The second kappa shape index (κ2) is 12.6. The molecule has 0 spiro atoms. The van der Waals surface area contributed by atoms with Crippen LogP contribution in [-0.2, 0) is 4.79 Å². The number of benzene rings is 2. The van der Waals surface area contributed by atoms with Crippen LogP contribution in [0.15, 0.2) is 67.6 Å². The molecule has 0 aliphatic carbocycles. The third-order valence-electron chi connectivity index (χ3n) is 8.22. The Kier molecular flexibility index (Phi) is 8.40. The van der Waals surface area contributed by atoms with Gasteiger partial charge in [-0.25, -0.2) is 19.3 Å². The quantitative estimate of drug-likeness (QED) is 0.215. The molecular formula is C33H36FN7O4. The number of methoxy groups -OCH3 is 1. The van der Waals surface area contributed by atoms with Crippen LogP contribution in [-0.4, -0.2) is 75.8 Å². The maximum atomic E-state index is 15.4. The number of carbonyl (C=O) groups excluding carboxylic acids is 1. The van der Waals surface area contributed by atoms with Gasteiger partial charge in [0.2, 0.25) is 5.91 Å². The molecular weight excluding hydrogens is 577 g/mol. The molecule has 2 aromatic carbocycles. The summed E-state index contributed by atoms with van der Waals surface area (Å²) in [5, 5.41) is 17.6. The molecule has 6 rings (SSSR count). The third-order valence-corrected chi connectivity index (χ3v) is 8.22. The predicted molar refractivity (Wildman–Crippen MR) is 171 cm³/mol. The molecule has 2 aliphatic heterocycles. The lowest BCUT2D eigenvalue weighted by Gasteiger charge is -2.32. The number of aliphatic hydroxyl groups is 1. The number of nitrogens with zero attached hydrogens (tertiary/aromatic N) is 5. The van der Waals surface area contributed by atoms with Gasteiger partial charge in [0.25, 0.3) is 0 Å². The topological polar surface area (TPSA) is 125 Å². The fraction of sp³-hybridized carbons (Fsp3) is 0.333. The number of rotatable bonds is 9. The Morgan fingerprint density at radius 2 is 1.89 bits per heavy atom. The first-order valence-corrected chi connectivity index (χ1v) is 14.9. The average Bonchev–Trinajstić information content (AvgIpc) is 3.41. The summed E-state index contributed by atoms with van der Waals surface area (Å²) in [6.07, 6.45) is 6.60. The van der Waals surface area contributed by atoms with Crippen LogP contribution in [0.5, 0.6) is 17.2 Å². The number of nitrogens with one attached hydrogen (secondary N) is 2. The molecule has 234 valence electrons. The van der Waals surface area contributed by atoms with Gasteiger partial charge >= 0.3 is 0 Å². The van der Waals surface area contributed by atoms with Gasteiger partial charge in [-0.3, -0.25) is 4.79 Å². The molecule has 2 saturated heterocycles. The molecule has 1 unspecified atom stereocenters.